The van der Waals surface area contributed by atoms with Crippen LogP contribution in [0.2, 0.25) is 0 Å². The maximum absolute atomic E-state index is 12.9. The van der Waals surface area contributed by atoms with Gasteiger partial charge in [0.2, 0.25) is 0 Å². The molecule has 1 aliphatic heterocycles. The zero-order valence-electron chi connectivity index (χ0n) is 18.9. The fourth-order valence-electron chi connectivity index (χ4n) is 3.53. The minimum absolute atomic E-state index is 0.0263. The van der Waals surface area contributed by atoms with Crippen molar-refractivity contribution < 1.29 is 24.0 Å². The number of halogens is 2. The number of urea groups is 1. The zero-order valence-corrected chi connectivity index (χ0v) is 22.0. The van der Waals surface area contributed by atoms with Gasteiger partial charge in [0.1, 0.15) is 12.3 Å². The number of amides is 3. The summed E-state index contributed by atoms with van der Waals surface area (Å²) in [4.78, 5) is 37.0. The average Bonchev–Trinajstić information content (AvgIpc) is 3.11. The molecule has 0 saturated carbocycles. The maximum Gasteiger partial charge on any atom is 0.329 e. The number of benzene rings is 3. The second kappa shape index (κ2) is 10.9. The molecule has 0 unspecified atom stereocenters. The van der Waals surface area contributed by atoms with Crippen LogP contribution in [-0.4, -0.2) is 28.9 Å². The highest BCUT2D eigenvalue weighted by molar-refractivity contribution is 9.10. The molecule has 0 aliphatic carbocycles. The number of carbonyl (C=O) groups is 2. The van der Waals surface area contributed by atoms with Gasteiger partial charge in [0, 0.05) is 16.6 Å². The van der Waals surface area contributed by atoms with Crippen LogP contribution >= 0.6 is 31.9 Å². The van der Waals surface area contributed by atoms with E-state index >= 15 is 0 Å². The lowest BCUT2D eigenvalue weighted by Crippen LogP contribution is -2.30. The Kier molecular flexibility index (Phi) is 7.70. The highest BCUT2D eigenvalue weighted by atomic mass is 79.9. The second-order valence-corrected chi connectivity index (χ2v) is 9.53. The third kappa shape index (κ3) is 5.74. The molecule has 1 fully saturated rings. The number of rotatable bonds is 8. The lowest BCUT2D eigenvalue weighted by atomic mass is 10.1. The van der Waals surface area contributed by atoms with Gasteiger partial charge >= 0.3 is 6.03 Å². The van der Waals surface area contributed by atoms with Crippen molar-refractivity contribution in [1.29, 1.82) is 0 Å². The number of nitro benzene ring substituents is 1. The molecule has 0 radical (unpaired) electrons. The zero-order chi connectivity index (χ0) is 25.8. The van der Waals surface area contributed by atoms with Crippen molar-refractivity contribution in [2.45, 2.75) is 13.2 Å². The summed E-state index contributed by atoms with van der Waals surface area (Å²) in [6.07, 6.45) is 1.55. The van der Waals surface area contributed by atoms with E-state index in [4.69, 9.17) is 9.47 Å². The Morgan fingerprint density at radius 3 is 2.50 bits per heavy atom. The topological polar surface area (TPSA) is 111 Å². The fraction of sp³-hybridized carbons (Fsp3) is 0.120. The summed E-state index contributed by atoms with van der Waals surface area (Å²) in [5.74, 6) is 0.332. The molecule has 0 aromatic heterocycles. The molecule has 3 aromatic rings. The van der Waals surface area contributed by atoms with Gasteiger partial charge in [0.05, 0.1) is 23.1 Å². The van der Waals surface area contributed by atoms with E-state index < -0.39 is 16.9 Å². The summed E-state index contributed by atoms with van der Waals surface area (Å²) in [6.45, 7) is 0.226. The van der Waals surface area contributed by atoms with Crippen molar-refractivity contribution >= 4 is 55.6 Å². The summed E-state index contributed by atoms with van der Waals surface area (Å²) in [7, 11) is 1.47. The van der Waals surface area contributed by atoms with Crippen LogP contribution in [0.1, 0.15) is 16.7 Å². The summed E-state index contributed by atoms with van der Waals surface area (Å²) >= 11 is 6.82. The first-order chi connectivity index (χ1) is 17.2. The number of carbonyl (C=O) groups excluding carboxylic acids is 2. The third-order valence-electron chi connectivity index (χ3n) is 5.28. The molecule has 4 rings (SSSR count). The van der Waals surface area contributed by atoms with Crippen molar-refractivity contribution in [2.75, 3.05) is 7.11 Å². The van der Waals surface area contributed by atoms with Crippen LogP contribution in [0.5, 0.6) is 11.5 Å². The van der Waals surface area contributed by atoms with Crippen LogP contribution in [0.4, 0.5) is 10.5 Å². The van der Waals surface area contributed by atoms with Crippen LogP contribution in [0.15, 0.2) is 75.3 Å². The number of ether oxygens (including phenoxy) is 2. The maximum atomic E-state index is 12.9. The summed E-state index contributed by atoms with van der Waals surface area (Å²) in [6, 6.07) is 16.4. The van der Waals surface area contributed by atoms with Crippen LogP contribution in [-0.2, 0) is 17.9 Å². The largest absolute Gasteiger partial charge is 0.493 e. The van der Waals surface area contributed by atoms with Gasteiger partial charge in [0.25, 0.3) is 11.6 Å². The number of imide groups is 1. The van der Waals surface area contributed by atoms with Crippen molar-refractivity contribution in [3.8, 4) is 11.5 Å². The van der Waals surface area contributed by atoms with Crippen molar-refractivity contribution in [3.63, 3.8) is 0 Å². The Morgan fingerprint density at radius 2 is 1.81 bits per heavy atom. The molecule has 11 heteroatoms. The van der Waals surface area contributed by atoms with Gasteiger partial charge in [-0.2, -0.15) is 0 Å². The molecular formula is C25H19Br2N3O6. The Labute approximate surface area is 223 Å². The van der Waals surface area contributed by atoms with Crippen LogP contribution in [0.25, 0.3) is 6.08 Å². The SMILES string of the molecule is COc1cc(/C=C2/NC(=O)N(Cc3ccc(Br)cc3)C2=O)cc(Br)c1OCc1cccc([N+](=O)[O-])c1. The number of nitrogens with one attached hydrogen (secondary N) is 1. The summed E-state index contributed by atoms with van der Waals surface area (Å²) in [5.41, 5.74) is 2.14. The molecule has 1 saturated heterocycles. The van der Waals surface area contributed by atoms with E-state index in [0.29, 0.717) is 27.1 Å². The first-order valence-corrected chi connectivity index (χ1v) is 12.2. The van der Waals surface area contributed by atoms with E-state index in [1.165, 1.54) is 19.2 Å². The highest BCUT2D eigenvalue weighted by Crippen LogP contribution is 2.38. The van der Waals surface area contributed by atoms with Gasteiger partial charge in [-0.05, 0) is 63.0 Å². The summed E-state index contributed by atoms with van der Waals surface area (Å²) in [5, 5.41) is 13.6. The molecule has 36 heavy (non-hydrogen) atoms. The van der Waals surface area contributed by atoms with Gasteiger partial charge in [0.15, 0.2) is 11.5 Å². The molecule has 0 bridgehead atoms. The Morgan fingerprint density at radius 1 is 1.06 bits per heavy atom. The third-order valence-corrected chi connectivity index (χ3v) is 6.40. The smallest absolute Gasteiger partial charge is 0.329 e. The van der Waals surface area contributed by atoms with Gasteiger partial charge in [-0.25, -0.2) is 4.79 Å². The van der Waals surface area contributed by atoms with E-state index in [0.717, 1.165) is 14.9 Å². The minimum Gasteiger partial charge on any atom is -0.493 e. The molecular weight excluding hydrogens is 598 g/mol. The number of nitro groups is 1. The monoisotopic (exact) mass is 615 g/mol. The van der Waals surface area contributed by atoms with E-state index in [1.807, 2.05) is 24.3 Å². The van der Waals surface area contributed by atoms with Gasteiger partial charge < -0.3 is 14.8 Å². The Bertz CT molecular complexity index is 1370. The van der Waals surface area contributed by atoms with Crippen molar-refractivity contribution in [2.24, 2.45) is 0 Å². The van der Waals surface area contributed by atoms with Gasteiger partial charge in [-0.3, -0.25) is 19.8 Å². The van der Waals surface area contributed by atoms with Gasteiger partial charge in [-0.15, -0.1) is 0 Å². The first kappa shape index (κ1) is 25.4. The minimum atomic E-state index is -0.503. The average molecular weight is 617 g/mol. The van der Waals surface area contributed by atoms with E-state index in [9.17, 15) is 19.7 Å². The van der Waals surface area contributed by atoms with Gasteiger partial charge in [-0.1, -0.05) is 40.2 Å². The number of non-ortho nitro benzene ring substituents is 1. The lowest BCUT2D eigenvalue weighted by Gasteiger charge is -2.14. The van der Waals surface area contributed by atoms with Crippen LogP contribution < -0.4 is 14.8 Å². The molecule has 3 aromatic carbocycles. The lowest BCUT2D eigenvalue weighted by molar-refractivity contribution is -0.384. The number of nitrogens with zero attached hydrogens (tertiary/aromatic N) is 2. The van der Waals surface area contributed by atoms with E-state index in [2.05, 4.69) is 37.2 Å². The molecule has 0 atom stereocenters. The van der Waals surface area contributed by atoms with E-state index in [1.54, 1.807) is 30.3 Å². The van der Waals surface area contributed by atoms with Crippen LogP contribution in [0.3, 0.4) is 0 Å². The van der Waals surface area contributed by atoms with E-state index in [-0.39, 0.29) is 24.5 Å². The quantitative estimate of drug-likeness (QED) is 0.148. The molecule has 9 nitrogen and oxygen atoms in total. The standard InChI is InChI=1S/C25H19Br2N3O6/c1-35-22-12-17(10-20(27)23(22)36-14-16-3-2-4-19(9-16)30(33)34)11-21-24(31)29(25(32)28-21)13-15-5-7-18(26)8-6-15/h2-12H,13-14H2,1H3,(H,28,32)/b21-11+. The molecule has 184 valence electrons. The fourth-order valence-corrected chi connectivity index (χ4v) is 4.37. The molecule has 1 aliphatic rings. The number of methoxy groups -OCH3 is 1. The highest BCUT2D eigenvalue weighted by Gasteiger charge is 2.33. The number of hydrogen-bond acceptors (Lipinski definition) is 6. The Balaban J connectivity index is 1.52. The van der Waals surface area contributed by atoms with Crippen LogP contribution in [0, 0.1) is 10.1 Å². The predicted octanol–water partition coefficient (Wildman–Crippen LogP) is 5.80. The molecule has 1 N–H and O–H groups in total. The second-order valence-electron chi connectivity index (χ2n) is 7.76. The first-order valence-electron chi connectivity index (χ1n) is 10.6. The van der Waals surface area contributed by atoms with Crippen molar-refractivity contribution in [3.05, 3.63) is 102 Å². The molecule has 3 amide bonds. The normalized spacial score (nSPS) is 14.2. The summed E-state index contributed by atoms with van der Waals surface area (Å²) < 4.78 is 12.8. The molecule has 1 heterocycles. The number of hydrogen-bond donors (Lipinski definition) is 1. The predicted molar refractivity (Wildman–Crippen MR) is 139 cm³/mol. The Hall–Kier alpha value is -3.70. The van der Waals surface area contributed by atoms with Crippen molar-refractivity contribution in [1.82, 2.24) is 10.2 Å². The molecule has 0 spiro atoms.